The molecule has 0 fully saturated rings. The molecule has 0 unspecified atom stereocenters. The maximum atomic E-state index is 11.7. The van der Waals surface area contributed by atoms with Gasteiger partial charge in [-0.3, -0.25) is 0 Å². The van der Waals surface area contributed by atoms with Crippen LogP contribution < -0.4 is 32.8 Å². The molecule has 0 aliphatic heterocycles. The Hall–Kier alpha value is -15.5. The third-order valence-electron chi connectivity index (χ3n) is 30.1. The van der Waals surface area contributed by atoms with Gasteiger partial charge in [-0.2, -0.15) is 0 Å². The summed E-state index contributed by atoms with van der Waals surface area (Å²) in [5.41, 5.74) is 54.6. The SMILES string of the molecule is Cc1c(C)c(-c2ccc(C(=O)O)cc2)c(C)c(C)c1B(c1c(C)c(C)c(-c2ccc(C(=O)O)cc2)c(C)c1C)c1c(C)c(C)c(-c2ccc(C(=O)O)cc2)c(C)c1C.Cc1c(C)c(-c2ccc(C(=O)O)cc2)c(C)c(C)c1B(c1c(C)c(C)c(-c2ccc(C(=O)O)cc2)c(C)c1C)c1c(C)c(C)c(-c2ccc(C(=O)O)cc2)c(C)c1C.Cc1ccccc1.Cc1ccccc1.Cc1ccccc1.Cc1ccccc1. The second-order valence-electron chi connectivity index (χ2n) is 38.5. The lowest BCUT2D eigenvalue weighted by Crippen LogP contribution is -2.58. The van der Waals surface area contributed by atoms with Crippen LogP contribution in [0, 0.1) is 194 Å². The van der Waals surface area contributed by atoms with E-state index in [0.29, 0.717) is 0 Å². The summed E-state index contributed by atoms with van der Waals surface area (Å²) >= 11 is 0. The Kier molecular flexibility index (Phi) is 35.5. The average Bonchev–Trinajstić information content (AvgIpc) is 0.721. The zero-order valence-electron chi connectivity index (χ0n) is 88.7. The van der Waals surface area contributed by atoms with E-state index in [1.165, 1.54) is 122 Å². The minimum absolute atomic E-state index is 0.164. The number of carbonyl (C=O) groups is 6. The van der Waals surface area contributed by atoms with Gasteiger partial charge in [-0.1, -0.05) is 316 Å². The number of hydrogen-bond acceptors (Lipinski definition) is 6. The molecule has 0 saturated carbocycles. The largest absolute Gasteiger partial charge is 0.478 e. The minimum atomic E-state index is -0.954. The standard InChI is InChI=1S/2C51H51BO6.4C7H8/c2*1-25-31(7)46(32(8)26(2)43(25)37-13-19-40(20-14-37)49(53)54)52(47-33(9)27(3)44(28(4)34(47)10)38-15-21-41(22-16-38)50(55)56)48-35(11)29(5)45(30(6)36(48)12)39-17-23-42(24-18-39)51(57)58;4*1-7-5-3-2-4-6-7/h2*13-24H,1-12H3,(H,53,54)(H,55,56)(H,57,58);4*2-6H,1H3. The first-order valence-electron chi connectivity index (χ1n) is 48.9. The van der Waals surface area contributed by atoms with Gasteiger partial charge in [0.25, 0.3) is 0 Å². The van der Waals surface area contributed by atoms with Gasteiger partial charge < -0.3 is 30.6 Å². The molecule has 732 valence electrons. The highest BCUT2D eigenvalue weighted by Gasteiger charge is 2.39. The van der Waals surface area contributed by atoms with Crippen LogP contribution in [0.1, 0.15) is 218 Å². The summed E-state index contributed by atoms with van der Waals surface area (Å²) in [5, 5.41) is 57.6. The molecule has 0 spiro atoms. The van der Waals surface area contributed by atoms with Gasteiger partial charge in [0.15, 0.2) is 0 Å². The Balaban J connectivity index is 0.000000214. The smallest absolute Gasteiger partial charge is 0.335 e. The summed E-state index contributed by atoms with van der Waals surface area (Å²) in [6.45, 7) is 60.6. The van der Waals surface area contributed by atoms with Crippen LogP contribution in [0.5, 0.6) is 0 Å². The molecule has 0 amide bonds. The molecule has 16 aromatic rings. The van der Waals surface area contributed by atoms with E-state index < -0.39 is 35.8 Å². The molecule has 144 heavy (non-hydrogen) atoms. The van der Waals surface area contributed by atoms with Gasteiger partial charge in [-0.05, 0) is 400 Å². The van der Waals surface area contributed by atoms with Crippen LogP contribution >= 0.6 is 0 Å². The lowest BCUT2D eigenvalue weighted by atomic mass is 9.32. The lowest BCUT2D eigenvalue weighted by Gasteiger charge is -2.33. The zero-order chi connectivity index (χ0) is 106. The van der Waals surface area contributed by atoms with Crippen molar-refractivity contribution >= 4 is 82.0 Å². The van der Waals surface area contributed by atoms with E-state index in [1.54, 1.807) is 72.8 Å². The number of aromatic carboxylic acids is 6. The van der Waals surface area contributed by atoms with E-state index in [1.807, 2.05) is 146 Å². The van der Waals surface area contributed by atoms with Gasteiger partial charge in [0.2, 0.25) is 13.4 Å². The van der Waals surface area contributed by atoms with Crippen LogP contribution in [0.15, 0.2) is 267 Å². The van der Waals surface area contributed by atoms with E-state index in [-0.39, 0.29) is 46.8 Å². The van der Waals surface area contributed by atoms with Crippen molar-refractivity contribution in [2.24, 2.45) is 0 Å². The predicted octanol–water partition coefficient (Wildman–Crippen LogP) is 28.0. The minimum Gasteiger partial charge on any atom is -0.478 e. The van der Waals surface area contributed by atoms with Crippen molar-refractivity contribution in [1.82, 2.24) is 0 Å². The fourth-order valence-electron chi connectivity index (χ4n) is 20.9. The Bertz CT molecular complexity index is 6230. The van der Waals surface area contributed by atoms with E-state index in [2.05, 4.69) is 242 Å². The first-order chi connectivity index (χ1) is 68.2. The molecular formula is C130H134B2O12. The lowest BCUT2D eigenvalue weighted by molar-refractivity contribution is 0.0686. The summed E-state index contributed by atoms with van der Waals surface area (Å²) in [4.78, 5) is 70.3. The Labute approximate surface area is 852 Å². The van der Waals surface area contributed by atoms with E-state index >= 15 is 0 Å². The number of benzene rings is 16. The molecule has 0 aromatic heterocycles. The molecule has 0 bridgehead atoms. The normalized spacial score (nSPS) is 10.7. The van der Waals surface area contributed by atoms with Crippen LogP contribution in [0.4, 0.5) is 0 Å². The molecule has 6 N–H and O–H groups in total. The third-order valence-corrected chi connectivity index (χ3v) is 30.1. The van der Waals surface area contributed by atoms with E-state index in [4.69, 9.17) is 0 Å². The van der Waals surface area contributed by atoms with Crippen LogP contribution in [0.25, 0.3) is 66.8 Å². The molecule has 0 atom stereocenters. The summed E-state index contributed by atoms with van der Waals surface area (Å²) in [7, 11) is 0. The second kappa shape index (κ2) is 46.9. The first-order valence-corrected chi connectivity index (χ1v) is 48.9. The van der Waals surface area contributed by atoms with Crippen molar-refractivity contribution in [2.75, 3.05) is 0 Å². The number of rotatable bonds is 18. The van der Waals surface area contributed by atoms with Crippen LogP contribution in [-0.2, 0) is 0 Å². The molecule has 0 heterocycles. The number of carboxylic acids is 6. The highest BCUT2D eigenvalue weighted by Crippen LogP contribution is 2.41. The Morgan fingerprint density at radius 3 is 0.312 bits per heavy atom. The van der Waals surface area contributed by atoms with Gasteiger partial charge in [0.1, 0.15) is 0 Å². The highest BCUT2D eigenvalue weighted by molar-refractivity contribution is 6.98. The summed E-state index contributed by atoms with van der Waals surface area (Å²) in [6.07, 6.45) is 0. The van der Waals surface area contributed by atoms with Crippen molar-refractivity contribution in [2.45, 2.75) is 194 Å². The third kappa shape index (κ3) is 23.3. The molecule has 12 nitrogen and oxygen atoms in total. The van der Waals surface area contributed by atoms with E-state index in [0.717, 1.165) is 134 Å². The highest BCUT2D eigenvalue weighted by atomic mass is 16.4. The fourth-order valence-corrected chi connectivity index (χ4v) is 20.9. The second-order valence-corrected chi connectivity index (χ2v) is 38.5. The maximum Gasteiger partial charge on any atom is 0.335 e. The fraction of sp³-hybridized carbons (Fsp3) is 0.215. The molecule has 0 aliphatic rings. The topological polar surface area (TPSA) is 224 Å². The Morgan fingerprint density at radius 1 is 0.139 bits per heavy atom. The van der Waals surface area contributed by atoms with Crippen molar-refractivity contribution in [3.05, 3.63) is 456 Å². The van der Waals surface area contributed by atoms with Crippen molar-refractivity contribution < 1.29 is 59.4 Å². The van der Waals surface area contributed by atoms with Gasteiger partial charge >= 0.3 is 35.8 Å². The number of hydrogen-bond donors (Lipinski definition) is 6. The quantitative estimate of drug-likeness (QED) is 0.0442. The molecule has 0 saturated heterocycles. The maximum absolute atomic E-state index is 11.7. The monoisotopic (exact) mass is 1910 g/mol. The van der Waals surface area contributed by atoms with Crippen molar-refractivity contribution in [3.8, 4) is 66.8 Å². The molecule has 16 rings (SSSR count). The van der Waals surface area contributed by atoms with E-state index in [9.17, 15) is 59.4 Å². The van der Waals surface area contributed by atoms with Crippen LogP contribution in [0.3, 0.4) is 0 Å². The number of carboxylic acid groups (broad SMARTS) is 6. The van der Waals surface area contributed by atoms with Crippen LogP contribution in [0.2, 0.25) is 0 Å². The molecule has 14 heteroatoms. The van der Waals surface area contributed by atoms with Gasteiger partial charge in [-0.15, -0.1) is 0 Å². The van der Waals surface area contributed by atoms with Gasteiger partial charge in [0.05, 0.1) is 33.4 Å². The van der Waals surface area contributed by atoms with Crippen LogP contribution in [-0.4, -0.2) is 79.9 Å². The van der Waals surface area contributed by atoms with Crippen molar-refractivity contribution in [3.63, 3.8) is 0 Å². The van der Waals surface area contributed by atoms with Gasteiger partial charge in [-0.25, -0.2) is 28.8 Å². The van der Waals surface area contributed by atoms with Gasteiger partial charge in [0, 0.05) is 0 Å². The molecule has 0 aliphatic carbocycles. The zero-order valence-corrected chi connectivity index (χ0v) is 88.7. The number of aryl methyl sites for hydroxylation is 4. The summed E-state index contributed by atoms with van der Waals surface area (Å²) in [6, 6.07) is 83.9. The average molecular weight is 1910 g/mol. The van der Waals surface area contributed by atoms with Crippen molar-refractivity contribution in [1.29, 1.82) is 0 Å². The molecular weight excluding hydrogens is 1780 g/mol. The molecule has 16 aromatic carbocycles. The Morgan fingerprint density at radius 2 is 0.236 bits per heavy atom. The summed E-state index contributed by atoms with van der Waals surface area (Å²) < 4.78 is 0. The summed E-state index contributed by atoms with van der Waals surface area (Å²) in [5.74, 6) is -5.72. The first kappa shape index (κ1) is 109. The molecule has 0 radical (unpaired) electrons. The predicted molar refractivity (Wildman–Crippen MR) is 601 cm³/mol.